The normalized spacial score (nSPS) is 25.7. The van der Waals surface area contributed by atoms with Crippen LogP contribution in [0.25, 0.3) is 0 Å². The molecule has 3 N–H and O–H groups in total. The van der Waals surface area contributed by atoms with Crippen molar-refractivity contribution in [1.82, 2.24) is 5.32 Å². The minimum absolute atomic E-state index is 0.0320. The van der Waals surface area contributed by atoms with E-state index in [1.165, 1.54) is 12.0 Å². The predicted molar refractivity (Wildman–Crippen MR) is 87.5 cm³/mol. The molecule has 2 unspecified atom stereocenters. The van der Waals surface area contributed by atoms with Crippen molar-refractivity contribution in [3.05, 3.63) is 34.4 Å². The van der Waals surface area contributed by atoms with Crippen molar-refractivity contribution in [3.63, 3.8) is 0 Å². The van der Waals surface area contributed by atoms with Crippen LogP contribution in [0.15, 0.2) is 12.1 Å². The van der Waals surface area contributed by atoms with Gasteiger partial charge in [0.2, 0.25) is 0 Å². The van der Waals surface area contributed by atoms with Crippen LogP contribution in [0, 0.1) is 26.7 Å². The Morgan fingerprint density at radius 1 is 1.33 bits per heavy atom. The van der Waals surface area contributed by atoms with Gasteiger partial charge in [0.25, 0.3) is 5.91 Å². The molecule has 2 rings (SSSR count). The van der Waals surface area contributed by atoms with Crippen LogP contribution in [0.5, 0.6) is 0 Å². The van der Waals surface area contributed by atoms with Gasteiger partial charge in [0.05, 0.1) is 5.54 Å². The fourth-order valence-corrected chi connectivity index (χ4v) is 3.85. The fourth-order valence-electron chi connectivity index (χ4n) is 3.85. The quantitative estimate of drug-likeness (QED) is 0.897. The summed E-state index contributed by atoms with van der Waals surface area (Å²) < 4.78 is 0. The minimum atomic E-state index is -0.224. The lowest BCUT2D eigenvalue weighted by atomic mass is 9.76. The van der Waals surface area contributed by atoms with E-state index in [1.807, 2.05) is 13.8 Å². The third-order valence-electron chi connectivity index (χ3n) is 4.76. The van der Waals surface area contributed by atoms with Gasteiger partial charge in [0.1, 0.15) is 0 Å². The van der Waals surface area contributed by atoms with E-state index in [0.29, 0.717) is 12.5 Å². The molecule has 0 radical (unpaired) electrons. The highest BCUT2D eigenvalue weighted by molar-refractivity contribution is 5.97. The van der Waals surface area contributed by atoms with Crippen molar-refractivity contribution in [2.45, 2.75) is 58.9 Å². The third-order valence-corrected chi connectivity index (χ3v) is 4.76. The molecule has 0 heterocycles. The molecule has 1 amide bonds. The Morgan fingerprint density at radius 3 is 2.48 bits per heavy atom. The molecule has 0 aromatic heterocycles. The molecule has 1 aromatic carbocycles. The van der Waals surface area contributed by atoms with Crippen LogP contribution in [0.1, 0.15) is 59.7 Å². The van der Waals surface area contributed by atoms with Crippen molar-refractivity contribution >= 4 is 5.91 Å². The first-order valence-corrected chi connectivity index (χ1v) is 7.97. The van der Waals surface area contributed by atoms with Crippen LogP contribution in [0.2, 0.25) is 0 Å². The number of amides is 1. The average Bonchev–Trinajstić information content (AvgIpc) is 2.37. The van der Waals surface area contributed by atoms with Crippen LogP contribution in [-0.4, -0.2) is 18.0 Å². The maximum atomic E-state index is 12.8. The van der Waals surface area contributed by atoms with Gasteiger partial charge >= 0.3 is 0 Å². The van der Waals surface area contributed by atoms with Crippen LogP contribution in [0.4, 0.5) is 0 Å². The number of carbonyl (C=O) groups excluding carboxylic acids is 1. The van der Waals surface area contributed by atoms with E-state index in [9.17, 15) is 4.79 Å². The van der Waals surface area contributed by atoms with E-state index in [4.69, 9.17) is 5.73 Å². The topological polar surface area (TPSA) is 55.1 Å². The predicted octanol–water partition coefficient (Wildman–Crippen LogP) is 3.25. The number of hydrogen-bond donors (Lipinski definition) is 2. The number of nitrogens with two attached hydrogens (primary N) is 1. The highest BCUT2D eigenvalue weighted by Crippen LogP contribution is 2.32. The molecular weight excluding hydrogens is 260 g/mol. The summed E-state index contributed by atoms with van der Waals surface area (Å²) in [6.07, 6.45) is 4.35. The Bertz CT molecular complexity index is 515. The first-order valence-electron chi connectivity index (χ1n) is 7.97. The summed E-state index contributed by atoms with van der Waals surface area (Å²) in [4.78, 5) is 12.8. The summed E-state index contributed by atoms with van der Waals surface area (Å²) in [5.41, 5.74) is 9.88. The molecule has 1 saturated carbocycles. The van der Waals surface area contributed by atoms with E-state index >= 15 is 0 Å². The number of rotatable bonds is 3. The largest absolute Gasteiger partial charge is 0.345 e. The van der Waals surface area contributed by atoms with Crippen molar-refractivity contribution in [2.24, 2.45) is 11.7 Å². The minimum Gasteiger partial charge on any atom is -0.345 e. The Hall–Kier alpha value is -1.35. The molecule has 21 heavy (non-hydrogen) atoms. The highest BCUT2D eigenvalue weighted by Gasteiger charge is 2.35. The molecule has 1 aromatic rings. The van der Waals surface area contributed by atoms with Crippen LogP contribution in [-0.2, 0) is 0 Å². The molecule has 0 saturated heterocycles. The van der Waals surface area contributed by atoms with Gasteiger partial charge in [-0.1, -0.05) is 37.5 Å². The molecule has 3 heteroatoms. The van der Waals surface area contributed by atoms with Gasteiger partial charge in [0, 0.05) is 12.1 Å². The monoisotopic (exact) mass is 288 g/mol. The van der Waals surface area contributed by atoms with Gasteiger partial charge in [-0.05, 0) is 50.7 Å². The number of aryl methyl sites for hydroxylation is 3. The van der Waals surface area contributed by atoms with E-state index in [2.05, 4.69) is 31.3 Å². The van der Waals surface area contributed by atoms with Gasteiger partial charge in [-0.15, -0.1) is 0 Å². The summed E-state index contributed by atoms with van der Waals surface area (Å²) in [5, 5.41) is 3.27. The molecule has 116 valence electrons. The molecule has 0 bridgehead atoms. The van der Waals surface area contributed by atoms with Crippen LogP contribution < -0.4 is 11.1 Å². The highest BCUT2D eigenvalue weighted by atomic mass is 16.1. The maximum Gasteiger partial charge on any atom is 0.252 e. The number of hydrogen-bond acceptors (Lipinski definition) is 2. The second-order valence-electron chi connectivity index (χ2n) is 6.91. The number of benzene rings is 1. The van der Waals surface area contributed by atoms with Crippen molar-refractivity contribution in [1.29, 1.82) is 0 Å². The van der Waals surface area contributed by atoms with Gasteiger partial charge < -0.3 is 11.1 Å². The molecule has 0 spiro atoms. The summed E-state index contributed by atoms with van der Waals surface area (Å²) in [6.45, 7) is 8.85. The molecule has 3 nitrogen and oxygen atoms in total. The van der Waals surface area contributed by atoms with E-state index in [0.717, 1.165) is 36.0 Å². The second kappa shape index (κ2) is 6.18. The van der Waals surface area contributed by atoms with Gasteiger partial charge in [-0.25, -0.2) is 0 Å². The zero-order valence-electron chi connectivity index (χ0n) is 13.8. The van der Waals surface area contributed by atoms with Gasteiger partial charge in [-0.2, -0.15) is 0 Å². The molecule has 1 aliphatic carbocycles. The van der Waals surface area contributed by atoms with Crippen LogP contribution in [0.3, 0.4) is 0 Å². The smallest absolute Gasteiger partial charge is 0.252 e. The van der Waals surface area contributed by atoms with E-state index in [1.54, 1.807) is 0 Å². The first kappa shape index (κ1) is 16.0. The standard InChI is InChI=1S/C18H28N2O/c1-12-6-5-7-18(10-12,11-19)20-17(21)16-14(3)8-13(2)9-15(16)4/h8-9,12H,5-7,10-11,19H2,1-4H3,(H,20,21). The van der Waals surface area contributed by atoms with Crippen molar-refractivity contribution in [3.8, 4) is 0 Å². The summed E-state index contributed by atoms with van der Waals surface area (Å²) >= 11 is 0. The van der Waals surface area contributed by atoms with Crippen LogP contribution >= 0.6 is 0 Å². The van der Waals surface area contributed by atoms with Gasteiger partial charge in [-0.3, -0.25) is 4.79 Å². The lowest BCUT2D eigenvalue weighted by molar-refractivity contribution is 0.0852. The lowest BCUT2D eigenvalue weighted by Crippen LogP contribution is -2.56. The SMILES string of the molecule is Cc1cc(C)c(C(=O)NC2(CN)CCCC(C)C2)c(C)c1. The molecule has 0 aliphatic heterocycles. The zero-order valence-corrected chi connectivity index (χ0v) is 13.8. The Morgan fingerprint density at radius 2 is 1.95 bits per heavy atom. The second-order valence-corrected chi connectivity index (χ2v) is 6.91. The Kier molecular flexibility index (Phi) is 4.72. The fraction of sp³-hybridized carbons (Fsp3) is 0.611. The Balaban J connectivity index is 2.24. The third kappa shape index (κ3) is 3.46. The maximum absolute atomic E-state index is 12.8. The first-order chi connectivity index (χ1) is 9.87. The molecule has 1 aliphatic rings. The van der Waals surface area contributed by atoms with Crippen molar-refractivity contribution < 1.29 is 4.79 Å². The molecular formula is C18H28N2O. The average molecular weight is 288 g/mol. The molecule has 1 fully saturated rings. The summed E-state index contributed by atoms with van der Waals surface area (Å²) in [7, 11) is 0. The molecule has 2 atom stereocenters. The zero-order chi connectivity index (χ0) is 15.6. The van der Waals surface area contributed by atoms with E-state index in [-0.39, 0.29) is 11.4 Å². The van der Waals surface area contributed by atoms with Crippen molar-refractivity contribution in [2.75, 3.05) is 6.54 Å². The number of nitrogens with one attached hydrogen (secondary N) is 1. The van der Waals surface area contributed by atoms with E-state index < -0.39 is 0 Å². The lowest BCUT2D eigenvalue weighted by Gasteiger charge is -2.40. The van der Waals surface area contributed by atoms with Gasteiger partial charge in [0.15, 0.2) is 0 Å². The number of carbonyl (C=O) groups is 1. The summed E-state index contributed by atoms with van der Waals surface area (Å²) in [6, 6.07) is 4.14. The Labute approximate surface area is 128 Å². The summed E-state index contributed by atoms with van der Waals surface area (Å²) in [5.74, 6) is 0.660.